The maximum atomic E-state index is 13.5. The standard InChI is InChI=1S/C21H14FN3O/c22-17-3-1-2-16(10-17)21(26)25-9-8-18-19(12-24-13-20(18)25)15-6-4-14(11-23)5-7-15/h1-7,10,12-13H,8-9H2. The van der Waals surface area contributed by atoms with Gasteiger partial charge >= 0.3 is 0 Å². The van der Waals surface area contributed by atoms with Gasteiger partial charge in [-0.15, -0.1) is 0 Å². The van der Waals surface area contributed by atoms with E-state index < -0.39 is 5.82 Å². The smallest absolute Gasteiger partial charge is 0.258 e. The number of pyridine rings is 1. The lowest BCUT2D eigenvalue weighted by atomic mass is 9.99. The van der Waals surface area contributed by atoms with Crippen LogP contribution in [0.1, 0.15) is 21.5 Å². The average Bonchev–Trinajstić information content (AvgIpc) is 3.11. The third-order valence-corrected chi connectivity index (χ3v) is 4.55. The van der Waals surface area contributed by atoms with Gasteiger partial charge in [0.1, 0.15) is 5.82 Å². The third kappa shape index (κ3) is 2.72. The van der Waals surface area contributed by atoms with Crippen molar-refractivity contribution in [1.82, 2.24) is 4.98 Å². The van der Waals surface area contributed by atoms with E-state index in [1.807, 2.05) is 12.1 Å². The van der Waals surface area contributed by atoms with Crippen molar-refractivity contribution < 1.29 is 9.18 Å². The van der Waals surface area contributed by atoms with Crippen LogP contribution in [0.2, 0.25) is 0 Å². The summed E-state index contributed by atoms with van der Waals surface area (Å²) in [5.74, 6) is -0.665. The zero-order valence-corrected chi connectivity index (χ0v) is 13.8. The molecule has 0 radical (unpaired) electrons. The summed E-state index contributed by atoms with van der Waals surface area (Å²) < 4.78 is 13.5. The summed E-state index contributed by atoms with van der Waals surface area (Å²) >= 11 is 0. The zero-order valence-electron chi connectivity index (χ0n) is 13.8. The molecule has 0 saturated heterocycles. The lowest BCUT2D eigenvalue weighted by molar-refractivity contribution is 0.0989. The van der Waals surface area contributed by atoms with Crippen LogP contribution in [-0.4, -0.2) is 17.4 Å². The van der Waals surface area contributed by atoms with Crippen LogP contribution in [0, 0.1) is 17.1 Å². The maximum Gasteiger partial charge on any atom is 0.258 e. The van der Waals surface area contributed by atoms with Gasteiger partial charge in [0.25, 0.3) is 5.91 Å². The molecular formula is C21H14FN3O. The van der Waals surface area contributed by atoms with Crippen molar-refractivity contribution in [3.05, 3.63) is 83.4 Å². The molecule has 0 spiro atoms. The summed E-state index contributed by atoms with van der Waals surface area (Å²) in [5, 5.41) is 8.94. The Morgan fingerprint density at radius 1 is 1.15 bits per heavy atom. The lowest BCUT2D eigenvalue weighted by Gasteiger charge is -2.17. The monoisotopic (exact) mass is 343 g/mol. The number of hydrogen-bond acceptors (Lipinski definition) is 3. The summed E-state index contributed by atoms with van der Waals surface area (Å²) in [6, 6.07) is 15.1. The molecule has 26 heavy (non-hydrogen) atoms. The van der Waals surface area contributed by atoms with Crippen molar-refractivity contribution >= 4 is 11.6 Å². The van der Waals surface area contributed by atoms with E-state index in [0.29, 0.717) is 24.1 Å². The summed E-state index contributed by atoms with van der Waals surface area (Å²) in [6.07, 6.45) is 4.15. The van der Waals surface area contributed by atoms with E-state index in [2.05, 4.69) is 11.1 Å². The Bertz CT molecular complexity index is 1040. The number of amides is 1. The molecular weight excluding hydrogens is 329 g/mol. The van der Waals surface area contributed by atoms with E-state index in [4.69, 9.17) is 5.26 Å². The molecule has 126 valence electrons. The molecule has 1 amide bonds. The quantitative estimate of drug-likeness (QED) is 0.708. The molecule has 0 saturated carbocycles. The van der Waals surface area contributed by atoms with E-state index in [1.54, 1.807) is 35.5 Å². The van der Waals surface area contributed by atoms with Gasteiger partial charge in [-0.3, -0.25) is 9.78 Å². The minimum Gasteiger partial charge on any atom is -0.306 e. The van der Waals surface area contributed by atoms with Crippen molar-refractivity contribution in [2.75, 3.05) is 11.4 Å². The number of anilines is 1. The molecule has 1 aliphatic rings. The third-order valence-electron chi connectivity index (χ3n) is 4.55. The van der Waals surface area contributed by atoms with Gasteiger partial charge < -0.3 is 4.90 Å². The SMILES string of the molecule is N#Cc1ccc(-c2cncc3c2CCN3C(=O)c2cccc(F)c2)cc1. The van der Waals surface area contributed by atoms with Gasteiger partial charge in [0.15, 0.2) is 0 Å². The molecule has 5 heteroatoms. The first-order valence-corrected chi connectivity index (χ1v) is 8.22. The van der Waals surface area contributed by atoms with Crippen molar-refractivity contribution in [3.63, 3.8) is 0 Å². The summed E-state index contributed by atoms with van der Waals surface area (Å²) in [4.78, 5) is 18.7. The molecule has 0 aliphatic carbocycles. The first-order chi connectivity index (χ1) is 12.7. The van der Waals surface area contributed by atoms with E-state index in [0.717, 1.165) is 22.4 Å². The van der Waals surface area contributed by atoms with Crippen LogP contribution in [0.3, 0.4) is 0 Å². The van der Waals surface area contributed by atoms with Crippen molar-refractivity contribution in [1.29, 1.82) is 5.26 Å². The number of benzene rings is 2. The molecule has 0 fully saturated rings. The van der Waals surface area contributed by atoms with Crippen molar-refractivity contribution in [3.8, 4) is 17.2 Å². The summed E-state index contributed by atoms with van der Waals surface area (Å²) in [6.45, 7) is 0.527. The number of rotatable bonds is 2. The Balaban J connectivity index is 1.72. The second-order valence-electron chi connectivity index (χ2n) is 6.09. The van der Waals surface area contributed by atoms with E-state index >= 15 is 0 Å². The Morgan fingerprint density at radius 2 is 1.96 bits per heavy atom. The highest BCUT2D eigenvalue weighted by atomic mass is 19.1. The van der Waals surface area contributed by atoms with Crippen LogP contribution >= 0.6 is 0 Å². The van der Waals surface area contributed by atoms with Gasteiger partial charge in [-0.25, -0.2) is 4.39 Å². The highest BCUT2D eigenvalue weighted by Crippen LogP contribution is 2.36. The molecule has 4 rings (SSSR count). The molecule has 1 aliphatic heterocycles. The first kappa shape index (κ1) is 16.0. The Kier molecular flexibility index (Phi) is 3.94. The number of carbonyl (C=O) groups is 1. The molecule has 3 aromatic rings. The molecule has 2 aromatic carbocycles. The van der Waals surface area contributed by atoms with Gasteiger partial charge in [-0.2, -0.15) is 5.26 Å². The maximum absolute atomic E-state index is 13.5. The summed E-state index contributed by atoms with van der Waals surface area (Å²) in [5.41, 5.74) is 4.60. The largest absolute Gasteiger partial charge is 0.306 e. The van der Waals surface area contributed by atoms with Crippen molar-refractivity contribution in [2.24, 2.45) is 0 Å². The van der Waals surface area contributed by atoms with Gasteiger partial charge in [0.05, 0.1) is 23.5 Å². The molecule has 1 aromatic heterocycles. The van der Waals surface area contributed by atoms with Crippen LogP contribution in [0.15, 0.2) is 60.9 Å². The fraction of sp³-hybridized carbons (Fsp3) is 0.0952. The Hall–Kier alpha value is -3.52. The molecule has 4 nitrogen and oxygen atoms in total. The Morgan fingerprint density at radius 3 is 2.69 bits per heavy atom. The highest BCUT2D eigenvalue weighted by molar-refractivity contribution is 6.07. The number of hydrogen-bond donors (Lipinski definition) is 0. The van der Waals surface area contributed by atoms with E-state index in [9.17, 15) is 9.18 Å². The number of halogens is 1. The van der Waals surface area contributed by atoms with Crippen LogP contribution < -0.4 is 4.90 Å². The van der Waals surface area contributed by atoms with Crippen LogP contribution in [0.4, 0.5) is 10.1 Å². The van der Waals surface area contributed by atoms with Gasteiger partial charge in [0.2, 0.25) is 0 Å². The predicted octanol–water partition coefficient (Wildman–Crippen LogP) is 3.96. The minimum atomic E-state index is -0.431. The van der Waals surface area contributed by atoms with Crippen LogP contribution in [0.25, 0.3) is 11.1 Å². The van der Waals surface area contributed by atoms with Crippen LogP contribution in [-0.2, 0) is 6.42 Å². The number of nitriles is 1. The van der Waals surface area contributed by atoms with Gasteiger partial charge in [-0.05, 0) is 47.9 Å². The number of fused-ring (bicyclic) bond motifs is 1. The zero-order chi connectivity index (χ0) is 18.1. The average molecular weight is 343 g/mol. The predicted molar refractivity (Wildman–Crippen MR) is 96.2 cm³/mol. The second-order valence-corrected chi connectivity index (χ2v) is 6.09. The topological polar surface area (TPSA) is 57.0 Å². The molecule has 2 heterocycles. The van der Waals surface area contributed by atoms with Gasteiger partial charge in [0, 0.05) is 23.9 Å². The number of carbonyl (C=O) groups excluding carboxylic acids is 1. The molecule has 0 bridgehead atoms. The van der Waals surface area contributed by atoms with Crippen LogP contribution in [0.5, 0.6) is 0 Å². The minimum absolute atomic E-state index is 0.234. The molecule has 0 N–H and O–H groups in total. The van der Waals surface area contributed by atoms with E-state index in [1.165, 1.54) is 18.2 Å². The Labute approximate surface area is 150 Å². The second kappa shape index (κ2) is 6.41. The fourth-order valence-corrected chi connectivity index (χ4v) is 3.28. The molecule has 0 unspecified atom stereocenters. The first-order valence-electron chi connectivity index (χ1n) is 8.22. The molecule has 0 atom stereocenters. The normalized spacial score (nSPS) is 12.5. The fourth-order valence-electron chi connectivity index (χ4n) is 3.28. The lowest BCUT2D eigenvalue weighted by Crippen LogP contribution is -2.29. The van der Waals surface area contributed by atoms with E-state index in [-0.39, 0.29) is 5.91 Å². The van der Waals surface area contributed by atoms with Gasteiger partial charge in [-0.1, -0.05) is 18.2 Å². The van der Waals surface area contributed by atoms with Crippen molar-refractivity contribution in [2.45, 2.75) is 6.42 Å². The summed E-state index contributed by atoms with van der Waals surface area (Å²) in [7, 11) is 0. The number of nitrogens with zero attached hydrogens (tertiary/aromatic N) is 3. The highest BCUT2D eigenvalue weighted by Gasteiger charge is 2.28. The number of aromatic nitrogens is 1.